The van der Waals surface area contributed by atoms with Crippen molar-refractivity contribution in [3.05, 3.63) is 72.8 Å². The van der Waals surface area contributed by atoms with Crippen molar-refractivity contribution in [2.24, 2.45) is 0 Å². The van der Waals surface area contributed by atoms with Crippen LogP contribution in [0.1, 0.15) is 12.5 Å². The molecule has 2 aromatic heterocycles. The van der Waals surface area contributed by atoms with Gasteiger partial charge in [0, 0.05) is 17.6 Å². The summed E-state index contributed by atoms with van der Waals surface area (Å²) in [5.74, 6) is 5.22. The summed E-state index contributed by atoms with van der Waals surface area (Å²) in [6, 6.07) is 14.1. The molecule has 4 aromatic rings. The third-order valence-corrected chi connectivity index (χ3v) is 6.55. The maximum atomic E-state index is 12.9. The maximum absolute atomic E-state index is 12.9. The average Bonchev–Trinajstić information content (AvgIpc) is 2.88. The number of amides is 1. The van der Waals surface area contributed by atoms with E-state index < -0.39 is 15.8 Å². The van der Waals surface area contributed by atoms with E-state index >= 15 is 0 Å². The zero-order valence-corrected chi connectivity index (χ0v) is 20.6. The van der Waals surface area contributed by atoms with Crippen LogP contribution in [0.5, 0.6) is 11.5 Å². The first kappa shape index (κ1) is 24.7. The summed E-state index contributed by atoms with van der Waals surface area (Å²) in [5, 5.41) is 3.98. The summed E-state index contributed by atoms with van der Waals surface area (Å²) < 4.78 is 31.6. The number of aromatic nitrogens is 3. The molecule has 36 heavy (non-hydrogen) atoms. The number of hydrogen-bond acceptors (Lipinski definition) is 9. The lowest BCUT2D eigenvalue weighted by molar-refractivity contribution is 0.159. The van der Waals surface area contributed by atoms with Gasteiger partial charge in [-0.05, 0) is 48.7 Å². The van der Waals surface area contributed by atoms with Crippen LogP contribution in [-0.4, -0.2) is 44.8 Å². The molecule has 0 saturated heterocycles. The molecule has 186 valence electrons. The smallest absolute Gasteiger partial charge is 0.418 e. The largest absolute Gasteiger partial charge is 0.493 e. The molecule has 2 aromatic carbocycles. The second kappa shape index (κ2) is 10.9. The summed E-state index contributed by atoms with van der Waals surface area (Å²) in [7, 11) is -1.55. The minimum atomic E-state index is -3.09. The predicted octanol–water partition coefficient (Wildman–Crippen LogP) is 4.09. The summed E-state index contributed by atoms with van der Waals surface area (Å²) in [6.45, 7) is 1.97. The van der Waals surface area contributed by atoms with Crippen molar-refractivity contribution in [2.45, 2.75) is 18.4 Å². The van der Waals surface area contributed by atoms with Gasteiger partial charge in [0.1, 0.15) is 18.8 Å². The number of methoxy groups -OCH3 is 1. The van der Waals surface area contributed by atoms with Gasteiger partial charge in [-0.1, -0.05) is 12.1 Å². The monoisotopic (exact) mass is 507 g/mol. The highest BCUT2D eigenvalue weighted by atomic mass is 32.2. The first-order valence-electron chi connectivity index (χ1n) is 10.9. The Morgan fingerprint density at radius 3 is 2.72 bits per heavy atom. The molecule has 11 heteroatoms. The van der Waals surface area contributed by atoms with Gasteiger partial charge in [0.15, 0.2) is 11.5 Å². The van der Waals surface area contributed by atoms with Crippen LogP contribution in [0.15, 0.2) is 72.1 Å². The van der Waals surface area contributed by atoms with Crippen LogP contribution in [0.4, 0.5) is 16.3 Å². The van der Waals surface area contributed by atoms with Crippen LogP contribution in [0.2, 0.25) is 0 Å². The van der Waals surface area contributed by atoms with Gasteiger partial charge >= 0.3 is 6.09 Å². The lowest BCUT2D eigenvalue weighted by atomic mass is 10.2. The first-order chi connectivity index (χ1) is 17.4. The van der Waals surface area contributed by atoms with E-state index in [2.05, 4.69) is 30.9 Å². The SMILES string of the molecule is C=S(=O)(NC(=O)OCC)c1cccc(COc2cc3ncnc(Nc4cccnc4)c3cc2OC)c1. The Morgan fingerprint density at radius 1 is 1.11 bits per heavy atom. The molecule has 1 amide bonds. The van der Waals surface area contributed by atoms with Crippen molar-refractivity contribution in [1.29, 1.82) is 0 Å². The highest BCUT2D eigenvalue weighted by Crippen LogP contribution is 2.35. The standard InChI is InChI=1S/C25H25N5O5S/c1-4-34-25(31)30-36(3,32)19-9-5-7-17(11-19)15-35-23-13-21-20(12-22(23)33-2)24(28-16-27-21)29-18-8-6-10-26-14-18/h5-14,16H,3-4,15H2,1-2H3,(H,27,28,29)(H,30,31,32). The lowest BCUT2D eigenvalue weighted by Crippen LogP contribution is -2.31. The quantitative estimate of drug-likeness (QED) is 0.322. The molecular formula is C25H25N5O5S. The molecule has 0 radical (unpaired) electrons. The Bertz CT molecular complexity index is 1480. The molecule has 0 saturated carbocycles. The summed E-state index contributed by atoms with van der Waals surface area (Å²) in [5.41, 5.74) is 2.16. The highest BCUT2D eigenvalue weighted by molar-refractivity contribution is 7.99. The maximum Gasteiger partial charge on any atom is 0.418 e. The van der Waals surface area contributed by atoms with E-state index in [0.717, 1.165) is 16.6 Å². The van der Waals surface area contributed by atoms with E-state index in [-0.39, 0.29) is 13.2 Å². The number of ether oxygens (including phenoxy) is 3. The van der Waals surface area contributed by atoms with Gasteiger partial charge in [0.2, 0.25) is 0 Å². The van der Waals surface area contributed by atoms with E-state index in [1.165, 1.54) is 6.33 Å². The number of hydrogen-bond donors (Lipinski definition) is 2. The zero-order chi connectivity index (χ0) is 25.5. The fraction of sp³-hybridized carbons (Fsp3) is 0.160. The van der Waals surface area contributed by atoms with Crippen LogP contribution in [0.25, 0.3) is 10.9 Å². The molecule has 4 rings (SSSR count). The third-order valence-electron chi connectivity index (χ3n) is 5.04. The number of rotatable bonds is 9. The lowest BCUT2D eigenvalue weighted by Gasteiger charge is -2.15. The molecule has 0 aliphatic carbocycles. The Labute approximate surface area is 208 Å². The van der Waals surface area contributed by atoms with Crippen molar-refractivity contribution >= 4 is 44.1 Å². The number of anilines is 2. The Balaban J connectivity index is 1.56. The van der Waals surface area contributed by atoms with Crippen LogP contribution in [0, 0.1) is 0 Å². The van der Waals surface area contributed by atoms with Crippen molar-refractivity contribution in [3.63, 3.8) is 0 Å². The van der Waals surface area contributed by atoms with Crippen molar-refractivity contribution < 1.29 is 23.2 Å². The zero-order valence-electron chi connectivity index (χ0n) is 19.8. The number of nitrogens with zero attached hydrogens (tertiary/aromatic N) is 3. The third kappa shape index (κ3) is 5.81. The average molecular weight is 508 g/mol. The van der Waals surface area contributed by atoms with Crippen molar-refractivity contribution in [3.8, 4) is 11.5 Å². The fourth-order valence-corrected chi connectivity index (χ4v) is 4.45. The summed E-state index contributed by atoms with van der Waals surface area (Å²) >= 11 is 0. The number of nitrogens with one attached hydrogen (secondary N) is 2. The van der Waals surface area contributed by atoms with Crippen LogP contribution < -0.4 is 19.5 Å². The predicted molar refractivity (Wildman–Crippen MR) is 138 cm³/mol. The normalized spacial score (nSPS) is 12.4. The molecule has 0 aliphatic heterocycles. The van der Waals surface area contributed by atoms with Crippen LogP contribution in [0.3, 0.4) is 0 Å². The van der Waals surface area contributed by atoms with Gasteiger partial charge in [0.05, 0.1) is 45.7 Å². The summed E-state index contributed by atoms with van der Waals surface area (Å²) in [6.07, 6.45) is 4.06. The molecule has 2 N–H and O–H groups in total. The first-order valence-corrected chi connectivity index (χ1v) is 12.7. The van der Waals surface area contributed by atoms with Crippen molar-refractivity contribution in [2.75, 3.05) is 19.0 Å². The Hall–Kier alpha value is -4.38. The molecule has 10 nitrogen and oxygen atoms in total. The molecular weight excluding hydrogens is 482 g/mol. The molecule has 1 unspecified atom stereocenters. The topological polar surface area (TPSA) is 125 Å². The minimum Gasteiger partial charge on any atom is -0.493 e. The molecule has 2 heterocycles. The second-order valence-electron chi connectivity index (χ2n) is 7.54. The van der Waals surface area contributed by atoms with Gasteiger partial charge in [-0.3, -0.25) is 4.98 Å². The number of pyridine rings is 1. The van der Waals surface area contributed by atoms with Crippen molar-refractivity contribution in [1.82, 2.24) is 19.7 Å². The fourth-order valence-electron chi connectivity index (χ4n) is 3.36. The van der Waals surface area contributed by atoms with E-state index in [1.807, 2.05) is 18.2 Å². The number of carbonyl (C=O) groups is 1. The van der Waals surface area contributed by atoms with Crippen LogP contribution >= 0.6 is 0 Å². The van der Waals surface area contributed by atoms with Gasteiger partial charge in [-0.15, -0.1) is 0 Å². The Kier molecular flexibility index (Phi) is 7.50. The van der Waals surface area contributed by atoms with E-state index in [4.69, 9.17) is 14.2 Å². The van der Waals surface area contributed by atoms with Gasteiger partial charge in [0.25, 0.3) is 0 Å². The Morgan fingerprint density at radius 2 is 1.97 bits per heavy atom. The molecule has 1 atom stereocenters. The number of fused-ring (bicyclic) bond motifs is 1. The van der Waals surface area contributed by atoms with Gasteiger partial charge < -0.3 is 19.5 Å². The molecule has 0 aliphatic rings. The minimum absolute atomic E-state index is 0.149. The summed E-state index contributed by atoms with van der Waals surface area (Å²) in [4.78, 5) is 24.9. The van der Waals surface area contributed by atoms with E-state index in [0.29, 0.717) is 27.7 Å². The second-order valence-corrected chi connectivity index (χ2v) is 9.57. The van der Waals surface area contributed by atoms with Crippen LogP contribution in [-0.2, 0) is 21.1 Å². The van der Waals surface area contributed by atoms with Gasteiger partial charge in [-0.25, -0.2) is 23.7 Å². The molecule has 0 spiro atoms. The number of carbonyl (C=O) groups excluding carboxylic acids is 1. The molecule has 0 fully saturated rings. The number of benzene rings is 2. The highest BCUT2D eigenvalue weighted by Gasteiger charge is 2.15. The van der Waals surface area contributed by atoms with Gasteiger partial charge in [-0.2, -0.15) is 0 Å². The van der Waals surface area contributed by atoms with E-state index in [1.54, 1.807) is 56.8 Å². The van der Waals surface area contributed by atoms with E-state index in [9.17, 15) is 9.00 Å². The molecule has 0 bridgehead atoms.